The Morgan fingerprint density at radius 2 is 2.42 bits per heavy atom. The van der Waals surface area contributed by atoms with E-state index in [-0.39, 0.29) is 6.10 Å². The average molecular weight is 277 g/mol. The summed E-state index contributed by atoms with van der Waals surface area (Å²) in [7, 11) is 0. The van der Waals surface area contributed by atoms with Crippen molar-refractivity contribution in [2.24, 2.45) is 0 Å². The van der Waals surface area contributed by atoms with Gasteiger partial charge in [-0.15, -0.1) is 11.3 Å². The summed E-state index contributed by atoms with van der Waals surface area (Å²) in [6.45, 7) is 4.93. The number of fused-ring (bicyclic) bond motifs is 1. The minimum atomic E-state index is 0.149. The average Bonchev–Trinajstić information content (AvgIpc) is 3.05. The number of ether oxygens (including phenoxy) is 1. The van der Waals surface area contributed by atoms with Crippen LogP contribution in [0.2, 0.25) is 0 Å². The van der Waals surface area contributed by atoms with E-state index in [0.717, 1.165) is 24.2 Å². The molecule has 19 heavy (non-hydrogen) atoms. The number of H-pyrrole nitrogens is 1. The maximum Gasteiger partial charge on any atom is 0.0997 e. The molecule has 2 aromatic heterocycles. The van der Waals surface area contributed by atoms with Crippen molar-refractivity contribution in [2.75, 3.05) is 0 Å². The molecule has 1 atom stereocenters. The highest BCUT2D eigenvalue weighted by Crippen LogP contribution is 2.31. The van der Waals surface area contributed by atoms with E-state index >= 15 is 0 Å². The maximum absolute atomic E-state index is 6.02. The van der Waals surface area contributed by atoms with Crippen LogP contribution in [0.5, 0.6) is 0 Å². The molecular weight excluding hydrogens is 258 g/mol. The van der Waals surface area contributed by atoms with Gasteiger partial charge >= 0.3 is 0 Å². The zero-order valence-electron chi connectivity index (χ0n) is 11.3. The number of nitrogens with one attached hydrogen (secondary N) is 1. The summed E-state index contributed by atoms with van der Waals surface area (Å²) < 4.78 is 6.02. The van der Waals surface area contributed by atoms with Gasteiger partial charge in [-0.25, -0.2) is 4.98 Å². The van der Waals surface area contributed by atoms with E-state index in [1.807, 2.05) is 6.20 Å². The topological polar surface area (TPSA) is 50.8 Å². The van der Waals surface area contributed by atoms with Crippen LogP contribution in [-0.2, 0) is 17.8 Å². The van der Waals surface area contributed by atoms with Gasteiger partial charge in [0.25, 0.3) is 0 Å². The van der Waals surface area contributed by atoms with Gasteiger partial charge in [0.2, 0.25) is 0 Å². The zero-order valence-corrected chi connectivity index (χ0v) is 12.2. The highest BCUT2D eigenvalue weighted by atomic mass is 32.1. The number of hydrogen-bond donors (Lipinski definition) is 1. The second-order valence-corrected chi connectivity index (χ2v) is 6.22. The van der Waals surface area contributed by atoms with Gasteiger partial charge in [0, 0.05) is 11.3 Å². The number of nitrogens with zero attached hydrogens (tertiary/aromatic N) is 2. The van der Waals surface area contributed by atoms with Gasteiger partial charge in [-0.3, -0.25) is 5.10 Å². The van der Waals surface area contributed by atoms with Crippen LogP contribution in [0, 0.1) is 0 Å². The van der Waals surface area contributed by atoms with E-state index in [1.165, 1.54) is 17.0 Å². The summed E-state index contributed by atoms with van der Waals surface area (Å²) >= 11 is 1.72. The van der Waals surface area contributed by atoms with Crippen LogP contribution >= 0.6 is 11.3 Å². The van der Waals surface area contributed by atoms with Gasteiger partial charge in [-0.2, -0.15) is 5.10 Å². The fourth-order valence-electron chi connectivity index (χ4n) is 2.43. The number of rotatable bonds is 4. The van der Waals surface area contributed by atoms with Crippen LogP contribution in [0.1, 0.15) is 60.7 Å². The Hall–Kier alpha value is -1.20. The normalized spacial score (nSPS) is 18.8. The van der Waals surface area contributed by atoms with Crippen molar-refractivity contribution in [1.82, 2.24) is 15.2 Å². The third kappa shape index (κ3) is 2.72. The van der Waals surface area contributed by atoms with Crippen molar-refractivity contribution >= 4 is 11.3 Å². The van der Waals surface area contributed by atoms with Crippen LogP contribution in [0.4, 0.5) is 0 Å². The van der Waals surface area contributed by atoms with E-state index in [4.69, 9.17) is 4.74 Å². The van der Waals surface area contributed by atoms with Crippen LogP contribution in [0.15, 0.2) is 11.6 Å². The Morgan fingerprint density at radius 1 is 1.53 bits per heavy atom. The smallest absolute Gasteiger partial charge is 0.0997 e. The van der Waals surface area contributed by atoms with Crippen LogP contribution in [0.3, 0.4) is 0 Å². The quantitative estimate of drug-likeness (QED) is 0.929. The SMILES string of the molecule is CC(C)c1nc(CO[C@H]2CCCc3cn[nH]c32)cs1. The molecule has 0 spiro atoms. The molecule has 2 heterocycles. The summed E-state index contributed by atoms with van der Waals surface area (Å²) in [5, 5.41) is 10.5. The van der Waals surface area contributed by atoms with E-state index in [2.05, 4.69) is 34.4 Å². The van der Waals surface area contributed by atoms with Crippen molar-refractivity contribution in [1.29, 1.82) is 0 Å². The minimum Gasteiger partial charge on any atom is -0.366 e. The molecule has 2 aromatic rings. The van der Waals surface area contributed by atoms with Crippen molar-refractivity contribution in [3.05, 3.63) is 33.5 Å². The van der Waals surface area contributed by atoms with E-state index < -0.39 is 0 Å². The van der Waals surface area contributed by atoms with Crippen LogP contribution in [0.25, 0.3) is 0 Å². The number of aromatic nitrogens is 3. The molecule has 4 nitrogen and oxygen atoms in total. The highest BCUT2D eigenvalue weighted by Gasteiger charge is 2.22. The third-order valence-electron chi connectivity index (χ3n) is 3.48. The molecule has 5 heteroatoms. The van der Waals surface area contributed by atoms with E-state index in [0.29, 0.717) is 12.5 Å². The first-order chi connectivity index (χ1) is 9.24. The summed E-state index contributed by atoms with van der Waals surface area (Å²) in [5.41, 5.74) is 3.50. The number of aromatic amines is 1. The van der Waals surface area contributed by atoms with Gasteiger partial charge in [0.05, 0.1) is 35.3 Å². The molecular formula is C14H19N3OS. The Morgan fingerprint density at radius 3 is 3.21 bits per heavy atom. The second kappa shape index (κ2) is 5.43. The van der Waals surface area contributed by atoms with Crippen molar-refractivity contribution < 1.29 is 4.74 Å². The lowest BCUT2D eigenvalue weighted by atomic mass is 9.96. The monoisotopic (exact) mass is 277 g/mol. The van der Waals surface area contributed by atoms with Crippen molar-refractivity contribution in [3.8, 4) is 0 Å². The number of thiazole rings is 1. The van der Waals surface area contributed by atoms with Crippen LogP contribution < -0.4 is 0 Å². The summed E-state index contributed by atoms with van der Waals surface area (Å²) in [6, 6.07) is 0. The lowest BCUT2D eigenvalue weighted by Crippen LogP contribution is -2.12. The fraction of sp³-hybridized carbons (Fsp3) is 0.571. The molecule has 0 unspecified atom stereocenters. The molecule has 0 saturated heterocycles. The van der Waals surface area contributed by atoms with E-state index in [1.54, 1.807) is 11.3 Å². The van der Waals surface area contributed by atoms with Gasteiger partial charge in [-0.05, 0) is 24.8 Å². The molecule has 0 fully saturated rings. The molecule has 1 aliphatic rings. The van der Waals surface area contributed by atoms with Crippen molar-refractivity contribution in [2.45, 2.75) is 51.7 Å². The highest BCUT2D eigenvalue weighted by molar-refractivity contribution is 7.09. The Labute approximate surface area is 117 Å². The summed E-state index contributed by atoms with van der Waals surface area (Å²) in [4.78, 5) is 4.61. The minimum absolute atomic E-state index is 0.149. The Bertz CT molecular complexity index is 546. The molecule has 0 saturated carbocycles. The van der Waals surface area contributed by atoms with Gasteiger partial charge in [0.15, 0.2) is 0 Å². The molecule has 102 valence electrons. The van der Waals surface area contributed by atoms with Crippen LogP contribution in [-0.4, -0.2) is 15.2 Å². The Balaban J connectivity index is 1.64. The number of aryl methyl sites for hydroxylation is 1. The van der Waals surface area contributed by atoms with Gasteiger partial charge in [0.1, 0.15) is 0 Å². The largest absolute Gasteiger partial charge is 0.366 e. The molecule has 1 aliphatic carbocycles. The Kier molecular flexibility index (Phi) is 3.66. The van der Waals surface area contributed by atoms with Gasteiger partial charge in [-0.1, -0.05) is 13.8 Å². The second-order valence-electron chi connectivity index (χ2n) is 5.33. The molecule has 1 N–H and O–H groups in total. The lowest BCUT2D eigenvalue weighted by molar-refractivity contribution is 0.0239. The standard InChI is InChI=1S/C14H19N3OS/c1-9(2)14-16-11(8-19-14)7-18-12-5-3-4-10-6-15-17-13(10)12/h6,8-9,12H,3-5,7H2,1-2H3,(H,15,17)/t12-/m0/s1. The zero-order chi connectivity index (χ0) is 13.2. The molecule has 0 bridgehead atoms. The summed E-state index contributed by atoms with van der Waals surface area (Å²) in [5.74, 6) is 0.493. The maximum atomic E-state index is 6.02. The molecule has 0 aliphatic heterocycles. The first kappa shape index (κ1) is 12.8. The third-order valence-corrected chi connectivity index (χ3v) is 4.68. The van der Waals surface area contributed by atoms with Crippen molar-refractivity contribution in [3.63, 3.8) is 0 Å². The molecule has 3 rings (SSSR count). The first-order valence-electron chi connectivity index (χ1n) is 6.82. The fourth-order valence-corrected chi connectivity index (χ4v) is 3.25. The first-order valence-corrected chi connectivity index (χ1v) is 7.70. The lowest BCUT2D eigenvalue weighted by Gasteiger charge is -2.21. The van der Waals surface area contributed by atoms with E-state index in [9.17, 15) is 0 Å². The molecule has 0 radical (unpaired) electrons. The predicted molar refractivity (Wildman–Crippen MR) is 75.3 cm³/mol. The molecule has 0 amide bonds. The molecule has 0 aromatic carbocycles. The van der Waals surface area contributed by atoms with Gasteiger partial charge < -0.3 is 4.74 Å². The predicted octanol–water partition coefficient (Wildman–Crippen LogP) is 3.58. The summed E-state index contributed by atoms with van der Waals surface area (Å²) in [6.07, 6.45) is 5.42. The number of hydrogen-bond acceptors (Lipinski definition) is 4.